The molecule has 1 atom stereocenters. The minimum atomic E-state index is -1.77. The first-order valence-corrected chi connectivity index (χ1v) is 11.6. The van der Waals surface area contributed by atoms with E-state index in [1.165, 1.54) is 0 Å². The van der Waals surface area contributed by atoms with Gasteiger partial charge < -0.3 is 9.16 Å². The van der Waals surface area contributed by atoms with Crippen LogP contribution >= 0.6 is 0 Å². The van der Waals surface area contributed by atoms with Crippen molar-refractivity contribution in [3.63, 3.8) is 0 Å². The Labute approximate surface area is 145 Å². The van der Waals surface area contributed by atoms with Crippen molar-refractivity contribution in [3.8, 4) is 5.75 Å². The Hall–Kier alpha value is -1.59. The van der Waals surface area contributed by atoms with Crippen molar-refractivity contribution in [2.24, 2.45) is 0 Å². The lowest BCUT2D eigenvalue weighted by atomic mass is 10.0. The molecule has 0 bridgehead atoms. The number of aromatic amines is 1. The number of ether oxygens (including phenoxy) is 1. The fourth-order valence-electron chi connectivity index (χ4n) is 2.92. The van der Waals surface area contributed by atoms with Gasteiger partial charge in [-0.25, -0.2) is 0 Å². The Bertz CT molecular complexity index is 772. The highest BCUT2D eigenvalue weighted by Gasteiger charge is 2.38. The standard InChI is InChI=1S/C19H28N2O2Si/c1-13(23-24(5,6)19(2,3)4)12-16-18-14-8-7-11-22-17(14)10-9-15(18)20-21-16/h7-10,13H,11-12H2,1-6H3,(H,20,21). The highest BCUT2D eigenvalue weighted by atomic mass is 28.4. The van der Waals surface area contributed by atoms with Crippen LogP contribution < -0.4 is 4.74 Å². The average molecular weight is 345 g/mol. The molecular weight excluding hydrogens is 316 g/mol. The van der Waals surface area contributed by atoms with Crippen molar-refractivity contribution in [2.45, 2.75) is 58.4 Å². The quantitative estimate of drug-likeness (QED) is 0.801. The summed E-state index contributed by atoms with van der Waals surface area (Å²) in [7, 11) is -1.77. The number of benzene rings is 1. The zero-order chi connectivity index (χ0) is 17.5. The number of fused-ring (bicyclic) bond motifs is 3. The SMILES string of the molecule is CC(Cc1n[nH]c2ccc3c(c12)C=CCO3)O[Si](C)(C)C(C)(C)C. The molecule has 0 aliphatic carbocycles. The first-order valence-electron chi connectivity index (χ1n) is 8.66. The maximum Gasteiger partial charge on any atom is 0.192 e. The van der Waals surface area contributed by atoms with Crippen LogP contribution in [-0.2, 0) is 10.8 Å². The summed E-state index contributed by atoms with van der Waals surface area (Å²) >= 11 is 0. The molecule has 2 aromatic rings. The molecule has 0 radical (unpaired) electrons. The van der Waals surface area contributed by atoms with Crippen molar-refractivity contribution in [1.82, 2.24) is 10.2 Å². The number of nitrogens with one attached hydrogen (secondary N) is 1. The molecule has 0 saturated carbocycles. The third kappa shape index (κ3) is 3.15. The van der Waals surface area contributed by atoms with Gasteiger partial charge in [0.1, 0.15) is 12.4 Å². The van der Waals surface area contributed by atoms with Crippen LogP contribution in [-0.4, -0.2) is 31.2 Å². The summed E-state index contributed by atoms with van der Waals surface area (Å²) in [6, 6.07) is 4.06. The van der Waals surface area contributed by atoms with Gasteiger partial charge in [-0.2, -0.15) is 5.10 Å². The summed E-state index contributed by atoms with van der Waals surface area (Å²) in [6.45, 7) is 14.2. The topological polar surface area (TPSA) is 47.1 Å². The minimum absolute atomic E-state index is 0.140. The average Bonchev–Trinajstić information content (AvgIpc) is 2.89. The molecular formula is C19H28N2O2Si. The highest BCUT2D eigenvalue weighted by molar-refractivity contribution is 6.74. The van der Waals surface area contributed by atoms with Crippen LogP contribution in [0.2, 0.25) is 18.1 Å². The van der Waals surface area contributed by atoms with E-state index in [4.69, 9.17) is 9.16 Å². The number of H-pyrrole nitrogens is 1. The van der Waals surface area contributed by atoms with Crippen LogP contribution in [0.1, 0.15) is 39.0 Å². The molecule has 0 spiro atoms. The van der Waals surface area contributed by atoms with Gasteiger partial charge in [-0.1, -0.05) is 26.8 Å². The third-order valence-electron chi connectivity index (χ3n) is 5.21. The van der Waals surface area contributed by atoms with Gasteiger partial charge in [0.05, 0.1) is 11.2 Å². The van der Waals surface area contributed by atoms with E-state index in [1.54, 1.807) is 0 Å². The second-order valence-corrected chi connectivity index (χ2v) is 12.9. The van der Waals surface area contributed by atoms with Crippen LogP contribution in [0.3, 0.4) is 0 Å². The van der Waals surface area contributed by atoms with Gasteiger partial charge >= 0.3 is 0 Å². The zero-order valence-corrected chi connectivity index (χ0v) is 16.6. The summed E-state index contributed by atoms with van der Waals surface area (Å²) in [6.07, 6.45) is 5.13. The lowest BCUT2D eigenvalue weighted by Gasteiger charge is -2.38. The fourth-order valence-corrected chi connectivity index (χ4v) is 4.37. The molecule has 0 amide bonds. The summed E-state index contributed by atoms with van der Waals surface area (Å²) in [5.41, 5.74) is 3.24. The third-order valence-corrected chi connectivity index (χ3v) is 9.81. The Morgan fingerprint density at radius 3 is 2.79 bits per heavy atom. The molecule has 24 heavy (non-hydrogen) atoms. The summed E-state index contributed by atoms with van der Waals surface area (Å²) in [5.74, 6) is 0.936. The molecule has 0 fully saturated rings. The Kier molecular flexibility index (Phi) is 4.34. The molecule has 130 valence electrons. The maximum absolute atomic E-state index is 6.50. The second kappa shape index (κ2) is 6.04. The van der Waals surface area contributed by atoms with E-state index >= 15 is 0 Å². The molecule has 3 rings (SSSR count). The van der Waals surface area contributed by atoms with E-state index in [9.17, 15) is 0 Å². The number of hydrogen-bond acceptors (Lipinski definition) is 3. The molecule has 1 aliphatic heterocycles. The van der Waals surface area contributed by atoms with E-state index in [-0.39, 0.29) is 11.1 Å². The molecule has 1 aromatic heterocycles. The Balaban J connectivity index is 1.87. The predicted octanol–water partition coefficient (Wildman–Crippen LogP) is 4.92. The number of nitrogens with zero attached hydrogens (tertiary/aromatic N) is 1. The molecule has 2 heterocycles. The Morgan fingerprint density at radius 2 is 2.08 bits per heavy atom. The van der Waals surface area contributed by atoms with Gasteiger partial charge in [-0.05, 0) is 43.3 Å². The first-order chi connectivity index (χ1) is 11.2. The van der Waals surface area contributed by atoms with E-state index in [0.717, 1.165) is 34.3 Å². The van der Waals surface area contributed by atoms with Crippen LogP contribution in [0.15, 0.2) is 18.2 Å². The smallest absolute Gasteiger partial charge is 0.192 e. The second-order valence-electron chi connectivity index (χ2n) is 8.18. The van der Waals surface area contributed by atoms with Gasteiger partial charge in [0, 0.05) is 23.5 Å². The fraction of sp³-hybridized carbons (Fsp3) is 0.526. The van der Waals surface area contributed by atoms with Gasteiger partial charge in [0.25, 0.3) is 0 Å². The molecule has 5 heteroatoms. The number of hydrogen-bond donors (Lipinski definition) is 1. The lowest BCUT2D eigenvalue weighted by molar-refractivity contribution is 0.198. The summed E-state index contributed by atoms with van der Waals surface area (Å²) in [5, 5.41) is 9.08. The molecule has 0 saturated heterocycles. The van der Waals surface area contributed by atoms with Crippen LogP contribution in [0.25, 0.3) is 17.0 Å². The monoisotopic (exact) mass is 344 g/mol. The zero-order valence-electron chi connectivity index (χ0n) is 15.6. The predicted molar refractivity (Wildman–Crippen MR) is 102 cm³/mol. The van der Waals surface area contributed by atoms with E-state index in [0.29, 0.717) is 6.61 Å². The molecule has 1 aromatic carbocycles. The molecule has 1 aliphatic rings. The maximum atomic E-state index is 6.50. The number of rotatable bonds is 4. The van der Waals surface area contributed by atoms with E-state index in [2.05, 4.69) is 57.1 Å². The van der Waals surface area contributed by atoms with Crippen LogP contribution in [0, 0.1) is 0 Å². The minimum Gasteiger partial charge on any atom is -0.489 e. The summed E-state index contributed by atoms with van der Waals surface area (Å²) in [4.78, 5) is 0. The van der Waals surface area contributed by atoms with Gasteiger partial charge in [0.15, 0.2) is 8.32 Å². The van der Waals surface area contributed by atoms with Gasteiger partial charge in [-0.15, -0.1) is 0 Å². The van der Waals surface area contributed by atoms with Crippen molar-refractivity contribution in [3.05, 3.63) is 29.5 Å². The van der Waals surface area contributed by atoms with E-state index < -0.39 is 8.32 Å². The molecule has 4 nitrogen and oxygen atoms in total. The van der Waals surface area contributed by atoms with Gasteiger partial charge in [-0.3, -0.25) is 5.10 Å². The normalized spacial score (nSPS) is 16.1. The molecule has 1 unspecified atom stereocenters. The summed E-state index contributed by atoms with van der Waals surface area (Å²) < 4.78 is 12.2. The molecule has 1 N–H and O–H groups in total. The number of aromatic nitrogens is 2. The van der Waals surface area contributed by atoms with Gasteiger partial charge in [0.2, 0.25) is 0 Å². The highest BCUT2D eigenvalue weighted by Crippen LogP contribution is 2.38. The van der Waals surface area contributed by atoms with Crippen LogP contribution in [0.4, 0.5) is 0 Å². The van der Waals surface area contributed by atoms with Crippen molar-refractivity contribution in [2.75, 3.05) is 6.61 Å². The van der Waals surface area contributed by atoms with E-state index in [1.807, 2.05) is 18.2 Å². The Morgan fingerprint density at radius 1 is 1.33 bits per heavy atom. The lowest BCUT2D eigenvalue weighted by Crippen LogP contribution is -2.43. The van der Waals surface area contributed by atoms with Crippen molar-refractivity contribution >= 4 is 25.3 Å². The van der Waals surface area contributed by atoms with Crippen molar-refractivity contribution in [1.29, 1.82) is 0 Å². The van der Waals surface area contributed by atoms with Crippen LogP contribution in [0.5, 0.6) is 5.75 Å². The largest absolute Gasteiger partial charge is 0.489 e. The first kappa shape index (κ1) is 17.2. The van der Waals surface area contributed by atoms with Crippen molar-refractivity contribution < 1.29 is 9.16 Å².